The van der Waals surface area contributed by atoms with E-state index in [1.807, 2.05) is 6.92 Å². The highest BCUT2D eigenvalue weighted by molar-refractivity contribution is 5.82. The number of fused-ring (bicyclic) bond motifs is 2. The fraction of sp³-hybridized carbons (Fsp3) is 0.613. The third kappa shape index (κ3) is 11.8. The van der Waals surface area contributed by atoms with E-state index < -0.39 is 18.2 Å². The van der Waals surface area contributed by atoms with E-state index in [1.54, 1.807) is 31.6 Å². The first-order chi connectivity index (χ1) is 20.3. The standard InChI is InChI=1S/C31H44N2O9/c1-5-9-23-16-24(37-3)14-21(2)15-25-17-26(18-27(40-25)19-30(35)41-23)42-29(34)12-7-6-10-22-20-39-28(33-22)11-8-13-32-31(36)38-4/h7-8,11-12,15,20,23-27H,5-6,9-10,13-14,16-19H2,1-4H3,(H,32,36)/b11-8-,12-7-,21-15-/t23-,24-,25+,26+,27+/m0/s1. The highest BCUT2D eigenvalue weighted by atomic mass is 16.6. The summed E-state index contributed by atoms with van der Waals surface area (Å²) < 4.78 is 33.3. The van der Waals surface area contributed by atoms with Gasteiger partial charge in [0.1, 0.15) is 18.5 Å². The predicted molar refractivity (Wildman–Crippen MR) is 154 cm³/mol. The minimum absolute atomic E-state index is 0.0567. The Hall–Kier alpha value is -3.44. The topological polar surface area (TPSA) is 135 Å². The molecule has 232 valence electrons. The number of rotatable bonds is 11. The summed E-state index contributed by atoms with van der Waals surface area (Å²) in [4.78, 5) is 40.8. The fourth-order valence-corrected chi connectivity index (χ4v) is 5.11. The molecule has 1 N–H and O–H groups in total. The molecule has 42 heavy (non-hydrogen) atoms. The lowest BCUT2D eigenvalue weighted by atomic mass is 9.95. The largest absolute Gasteiger partial charge is 0.462 e. The van der Waals surface area contributed by atoms with Crippen LogP contribution in [0.3, 0.4) is 0 Å². The van der Waals surface area contributed by atoms with Gasteiger partial charge in [-0.3, -0.25) is 4.79 Å². The minimum atomic E-state index is -0.516. The Bertz CT molecular complexity index is 1110. The van der Waals surface area contributed by atoms with E-state index in [4.69, 9.17) is 23.4 Å². The van der Waals surface area contributed by atoms with Crippen LogP contribution in [0.25, 0.3) is 6.08 Å². The quantitative estimate of drug-likeness (QED) is 0.165. The number of nitrogens with one attached hydrogen (secondary N) is 1. The summed E-state index contributed by atoms with van der Waals surface area (Å²) in [5.74, 6) is -0.320. The van der Waals surface area contributed by atoms with Gasteiger partial charge in [-0.25, -0.2) is 14.6 Å². The van der Waals surface area contributed by atoms with E-state index in [2.05, 4.69) is 28.0 Å². The van der Waals surface area contributed by atoms with Gasteiger partial charge in [0, 0.05) is 39.0 Å². The fourth-order valence-electron chi connectivity index (χ4n) is 5.11. The molecule has 1 fully saturated rings. The summed E-state index contributed by atoms with van der Waals surface area (Å²) in [6, 6.07) is 0. The molecule has 3 rings (SSSR count). The monoisotopic (exact) mass is 588 g/mol. The van der Waals surface area contributed by atoms with Crippen molar-refractivity contribution in [2.75, 3.05) is 20.8 Å². The van der Waals surface area contributed by atoms with Gasteiger partial charge >= 0.3 is 18.0 Å². The Morgan fingerprint density at radius 1 is 1.14 bits per heavy atom. The lowest BCUT2D eigenvalue weighted by Gasteiger charge is -2.34. The number of nitrogens with zero attached hydrogens (tertiary/aromatic N) is 1. The van der Waals surface area contributed by atoms with Gasteiger partial charge in [0.15, 0.2) is 0 Å². The van der Waals surface area contributed by atoms with Crippen LogP contribution >= 0.6 is 0 Å². The SMILES string of the molecule is CCC[C@H]1C[C@@H](OC)C/C(C)=C\[C@@H]2C[C@@H](OC(=O)/C=C\CCc3coc(/C=C\CNC(=O)OC)n3)C[C@H](CC(=O)O1)O2. The van der Waals surface area contributed by atoms with E-state index in [-0.39, 0.29) is 43.4 Å². The number of hydrogen-bond acceptors (Lipinski definition) is 10. The van der Waals surface area contributed by atoms with Gasteiger partial charge < -0.3 is 33.4 Å². The molecule has 1 saturated heterocycles. The Morgan fingerprint density at radius 2 is 1.98 bits per heavy atom. The summed E-state index contributed by atoms with van der Waals surface area (Å²) in [6.07, 6.45) is 13.6. The number of cyclic esters (lactones) is 1. The van der Waals surface area contributed by atoms with Crippen LogP contribution in [0.15, 0.2) is 40.6 Å². The van der Waals surface area contributed by atoms with Crippen molar-refractivity contribution in [2.24, 2.45) is 0 Å². The molecule has 0 aliphatic carbocycles. The van der Waals surface area contributed by atoms with Crippen molar-refractivity contribution in [1.82, 2.24) is 10.3 Å². The summed E-state index contributed by atoms with van der Waals surface area (Å²) in [6.45, 7) is 4.40. The van der Waals surface area contributed by atoms with E-state index >= 15 is 0 Å². The van der Waals surface area contributed by atoms with E-state index in [1.165, 1.54) is 13.2 Å². The summed E-state index contributed by atoms with van der Waals surface area (Å²) in [5, 5.41) is 2.53. The normalized spacial score (nSPS) is 26.5. The van der Waals surface area contributed by atoms with Gasteiger partial charge in [0.05, 0.1) is 37.5 Å². The highest BCUT2D eigenvalue weighted by Gasteiger charge is 2.33. The molecule has 2 aliphatic heterocycles. The molecule has 1 aromatic rings. The zero-order chi connectivity index (χ0) is 30.3. The lowest BCUT2D eigenvalue weighted by molar-refractivity contribution is -0.163. The molecular weight excluding hydrogens is 544 g/mol. The number of amides is 1. The predicted octanol–water partition coefficient (Wildman–Crippen LogP) is 4.85. The molecule has 5 atom stereocenters. The number of alkyl carbamates (subject to hydrolysis) is 1. The van der Waals surface area contributed by atoms with Gasteiger partial charge in [-0.05, 0) is 38.7 Å². The van der Waals surface area contributed by atoms with E-state index in [0.29, 0.717) is 44.4 Å². The number of carbonyl (C=O) groups is 3. The van der Waals surface area contributed by atoms with Crippen LogP contribution in [0, 0.1) is 0 Å². The number of hydrogen-bond donors (Lipinski definition) is 1. The number of ether oxygens (including phenoxy) is 5. The maximum Gasteiger partial charge on any atom is 0.407 e. The number of allylic oxidation sites excluding steroid dienone is 1. The maximum atomic E-state index is 12.8. The summed E-state index contributed by atoms with van der Waals surface area (Å²) in [5.41, 5.74) is 1.87. The second kappa shape index (κ2) is 17.5. The van der Waals surface area contributed by atoms with Gasteiger partial charge in [-0.1, -0.05) is 37.1 Å². The average molecular weight is 589 g/mol. The molecule has 0 radical (unpaired) electrons. The second-order valence-electron chi connectivity index (χ2n) is 10.6. The van der Waals surface area contributed by atoms with Crippen molar-refractivity contribution in [3.63, 3.8) is 0 Å². The molecule has 1 aromatic heterocycles. The van der Waals surface area contributed by atoms with Gasteiger partial charge in [-0.2, -0.15) is 0 Å². The first kappa shape index (κ1) is 33.1. The van der Waals surface area contributed by atoms with Crippen molar-refractivity contribution in [3.05, 3.63) is 47.7 Å². The average Bonchev–Trinajstić information content (AvgIpc) is 3.39. The Morgan fingerprint density at radius 3 is 2.74 bits per heavy atom. The van der Waals surface area contributed by atoms with Gasteiger partial charge in [0.25, 0.3) is 0 Å². The second-order valence-corrected chi connectivity index (χ2v) is 10.6. The van der Waals surface area contributed by atoms with Crippen molar-refractivity contribution in [2.45, 2.75) is 102 Å². The highest BCUT2D eigenvalue weighted by Crippen LogP contribution is 2.29. The number of aromatic nitrogens is 1. The molecule has 0 saturated carbocycles. The summed E-state index contributed by atoms with van der Waals surface area (Å²) in [7, 11) is 2.98. The van der Waals surface area contributed by atoms with Crippen LogP contribution in [-0.4, -0.2) is 74.3 Å². The molecular formula is C31H44N2O9. The van der Waals surface area contributed by atoms with Crippen LogP contribution in [0.1, 0.15) is 76.8 Å². The molecule has 2 bridgehead atoms. The third-order valence-corrected chi connectivity index (χ3v) is 7.05. The molecule has 1 amide bonds. The Kier molecular flexibility index (Phi) is 13.8. The van der Waals surface area contributed by atoms with Crippen LogP contribution in [0.2, 0.25) is 0 Å². The lowest BCUT2D eigenvalue weighted by Crippen LogP contribution is -2.39. The Balaban J connectivity index is 1.51. The number of esters is 2. The smallest absolute Gasteiger partial charge is 0.407 e. The van der Waals surface area contributed by atoms with E-state index in [9.17, 15) is 14.4 Å². The molecule has 11 nitrogen and oxygen atoms in total. The molecule has 0 spiro atoms. The van der Waals surface area contributed by atoms with Crippen LogP contribution in [0.4, 0.5) is 4.79 Å². The first-order valence-electron chi connectivity index (χ1n) is 14.6. The van der Waals surface area contributed by atoms with Crippen molar-refractivity contribution < 1.29 is 42.5 Å². The molecule has 11 heteroatoms. The van der Waals surface area contributed by atoms with Crippen molar-refractivity contribution in [3.8, 4) is 0 Å². The van der Waals surface area contributed by atoms with Gasteiger partial charge in [0.2, 0.25) is 5.89 Å². The third-order valence-electron chi connectivity index (χ3n) is 7.05. The number of oxazole rings is 1. The number of carbonyl (C=O) groups excluding carboxylic acids is 3. The number of aryl methyl sites for hydroxylation is 1. The first-order valence-corrected chi connectivity index (χ1v) is 14.6. The van der Waals surface area contributed by atoms with E-state index in [0.717, 1.165) is 24.1 Å². The molecule has 0 aromatic carbocycles. The van der Waals surface area contributed by atoms with Crippen molar-refractivity contribution >= 4 is 24.1 Å². The summed E-state index contributed by atoms with van der Waals surface area (Å²) >= 11 is 0. The zero-order valence-electron chi connectivity index (χ0n) is 25.0. The minimum Gasteiger partial charge on any atom is -0.462 e. The van der Waals surface area contributed by atoms with Crippen LogP contribution < -0.4 is 5.32 Å². The maximum absolute atomic E-state index is 12.8. The Labute approximate surface area is 247 Å². The zero-order valence-corrected chi connectivity index (χ0v) is 25.0. The van der Waals surface area contributed by atoms with Crippen LogP contribution in [0.5, 0.6) is 0 Å². The molecule has 3 heterocycles. The number of methoxy groups -OCH3 is 2. The van der Waals surface area contributed by atoms with Gasteiger partial charge in [-0.15, -0.1) is 0 Å². The molecule has 2 aliphatic rings. The van der Waals surface area contributed by atoms with Crippen molar-refractivity contribution in [1.29, 1.82) is 0 Å². The molecule has 0 unspecified atom stereocenters. The van der Waals surface area contributed by atoms with Crippen LogP contribution in [-0.2, 0) is 39.7 Å².